The van der Waals surface area contributed by atoms with Crippen molar-refractivity contribution in [2.45, 2.75) is 5.16 Å². The zero-order valence-corrected chi connectivity index (χ0v) is 7.13. The van der Waals surface area contributed by atoms with Crippen LogP contribution >= 0.6 is 14.8 Å². The van der Waals surface area contributed by atoms with Gasteiger partial charge >= 0.3 is 0 Å². The summed E-state index contributed by atoms with van der Waals surface area (Å²) >= 11 is 2.43. The summed E-state index contributed by atoms with van der Waals surface area (Å²) in [6.45, 7) is 0. The monoisotopic (exact) mass is 222 g/mol. The Morgan fingerprint density at radius 2 is 1.80 bits per heavy atom. The van der Waals surface area contributed by atoms with Crippen molar-refractivity contribution in [3.8, 4) is 0 Å². The van der Waals surface area contributed by atoms with Gasteiger partial charge in [-0.15, -0.1) is 0 Å². The molecule has 0 aliphatic rings. The van der Waals surface area contributed by atoms with Crippen LogP contribution in [0.2, 0.25) is 0 Å². The molecule has 0 saturated heterocycles. The molecule has 54 valence electrons. The van der Waals surface area contributed by atoms with Crippen molar-refractivity contribution in [1.29, 1.82) is 0 Å². The van der Waals surface area contributed by atoms with Gasteiger partial charge in [0.25, 0.3) is 13.4 Å². The fourth-order valence-electron chi connectivity index (χ4n) is 0.411. The lowest BCUT2D eigenvalue weighted by Gasteiger charge is -1.89. The first-order valence-corrected chi connectivity index (χ1v) is 5.65. The molecule has 0 unspecified atom stereocenters. The van der Waals surface area contributed by atoms with E-state index in [0.29, 0.717) is 0 Å². The van der Waals surface area contributed by atoms with Crippen LogP contribution in [0, 0.1) is 0 Å². The van der Waals surface area contributed by atoms with E-state index >= 15 is 0 Å². The van der Waals surface area contributed by atoms with Crippen molar-refractivity contribution >= 4 is 23.1 Å². The molecular weight excluding hydrogens is 220 g/mol. The molecule has 1 heterocycles. The second-order valence-electron chi connectivity index (χ2n) is 1.47. The van der Waals surface area contributed by atoms with Gasteiger partial charge < -0.3 is 0 Å². The molecule has 0 bridgehead atoms. The Labute approximate surface area is 65.4 Å². The molecule has 0 atom stereocenters. The van der Waals surface area contributed by atoms with Gasteiger partial charge in [-0.1, -0.05) is 0 Å². The molecule has 1 rings (SSSR count). The van der Waals surface area contributed by atoms with Gasteiger partial charge in [0.2, 0.25) is 0 Å². The lowest BCUT2D eigenvalue weighted by Crippen LogP contribution is -1.96. The predicted molar refractivity (Wildman–Crippen MR) is 38.1 cm³/mol. The molecule has 1 aromatic rings. The number of hydrogen-bond donors (Lipinski definition) is 0. The van der Waals surface area contributed by atoms with Crippen molar-refractivity contribution in [1.82, 2.24) is 9.97 Å². The van der Waals surface area contributed by atoms with Gasteiger partial charge in [0, 0.05) is 12.4 Å². The Hall–Kier alpha value is -0.490. The smallest absolute Gasteiger partial charge is 0.226 e. The van der Waals surface area contributed by atoms with Gasteiger partial charge in [0.05, 0.1) is 14.8 Å². The zero-order valence-electron chi connectivity index (χ0n) is 4.73. The third kappa shape index (κ3) is 1.74. The van der Waals surface area contributed by atoms with E-state index in [1.165, 1.54) is 12.4 Å². The van der Waals surface area contributed by atoms with Crippen LogP contribution in [0.25, 0.3) is 0 Å². The lowest BCUT2D eigenvalue weighted by atomic mass is 10.7. The van der Waals surface area contributed by atoms with E-state index in [2.05, 4.69) is 24.8 Å². The fourth-order valence-corrected chi connectivity index (χ4v) is 1.29. The van der Waals surface area contributed by atoms with E-state index < -0.39 is 8.27 Å². The summed E-state index contributed by atoms with van der Waals surface area (Å²) in [5.41, 5.74) is 0. The number of rotatable bonds is 1. The normalized spacial score (nSPS) is 11.3. The summed E-state index contributed by atoms with van der Waals surface area (Å²) in [5.74, 6) is 0. The average Bonchev–Trinajstić information content (AvgIpc) is 1.88. The minimum atomic E-state index is -3.41. The number of nitrogens with zero attached hydrogens (tertiary/aromatic N) is 2. The van der Waals surface area contributed by atoms with Crippen LogP contribution < -0.4 is 0 Å². The van der Waals surface area contributed by atoms with Crippen LogP contribution in [0.4, 0.5) is 0 Å². The molecule has 6 heteroatoms. The molecule has 0 aliphatic heterocycles. The molecule has 0 N–H and O–H groups in total. The molecule has 0 saturated carbocycles. The molecule has 1 aromatic heterocycles. The second kappa shape index (κ2) is 2.63. The first-order valence-electron chi connectivity index (χ1n) is 2.32. The van der Waals surface area contributed by atoms with Crippen molar-refractivity contribution in [3.63, 3.8) is 0 Å². The fraction of sp³-hybridized carbons (Fsp3) is 0. The quantitative estimate of drug-likeness (QED) is 0.515. The highest BCUT2D eigenvalue weighted by Crippen LogP contribution is 2.08. The van der Waals surface area contributed by atoms with Gasteiger partial charge in [0.1, 0.15) is 0 Å². The molecule has 0 spiro atoms. The van der Waals surface area contributed by atoms with Gasteiger partial charge in [-0.3, -0.25) is 0 Å². The highest BCUT2D eigenvalue weighted by atomic mass is 79.9. The summed E-state index contributed by atoms with van der Waals surface area (Å²) in [7, 11) is -3.41. The van der Waals surface area contributed by atoms with E-state index in [9.17, 15) is 8.42 Å². The number of aromatic nitrogens is 2. The molecule has 0 fully saturated rings. The first kappa shape index (κ1) is 7.62. The highest BCUT2D eigenvalue weighted by molar-refractivity contribution is 9.47. The standard InChI is InChI=1S/C4H3BrN2O2S/c5-10(8,9)4-6-2-1-3-7-4/h1-3H. The average molecular weight is 223 g/mol. The van der Waals surface area contributed by atoms with Crippen LogP contribution in [0.1, 0.15) is 0 Å². The summed E-state index contributed by atoms with van der Waals surface area (Å²) in [5, 5.41) is -0.213. The maximum absolute atomic E-state index is 10.6. The first-order chi connectivity index (χ1) is 4.61. The van der Waals surface area contributed by atoms with Crippen LogP contribution in [-0.2, 0) is 8.27 Å². The Kier molecular flexibility index (Phi) is 2.00. The summed E-state index contributed by atoms with van der Waals surface area (Å²) in [6.07, 6.45) is 2.72. The van der Waals surface area contributed by atoms with Crippen LogP contribution in [0.3, 0.4) is 0 Å². The summed E-state index contributed by atoms with van der Waals surface area (Å²) in [6, 6.07) is 1.54. The van der Waals surface area contributed by atoms with Gasteiger partial charge in [0.15, 0.2) is 0 Å². The third-order valence-corrected chi connectivity index (χ3v) is 2.28. The highest BCUT2D eigenvalue weighted by Gasteiger charge is 2.10. The van der Waals surface area contributed by atoms with E-state index in [4.69, 9.17) is 0 Å². The van der Waals surface area contributed by atoms with E-state index in [-0.39, 0.29) is 5.16 Å². The Balaban J connectivity index is 3.22. The SMILES string of the molecule is O=S(=O)(Br)c1ncccn1. The Morgan fingerprint density at radius 3 is 2.10 bits per heavy atom. The Bertz CT molecular complexity index is 309. The van der Waals surface area contributed by atoms with Gasteiger partial charge in [-0.25, -0.2) is 18.4 Å². The maximum atomic E-state index is 10.6. The van der Waals surface area contributed by atoms with E-state index in [1.54, 1.807) is 6.07 Å². The zero-order chi connectivity index (χ0) is 7.61. The van der Waals surface area contributed by atoms with Crippen LogP contribution in [0.15, 0.2) is 23.6 Å². The number of hydrogen-bond acceptors (Lipinski definition) is 4. The lowest BCUT2D eigenvalue weighted by molar-refractivity contribution is 0.603. The largest absolute Gasteiger partial charge is 0.272 e. The molecule has 0 aromatic carbocycles. The molecule has 0 aliphatic carbocycles. The summed E-state index contributed by atoms with van der Waals surface area (Å²) in [4.78, 5) is 7.01. The molecule has 0 amide bonds. The van der Waals surface area contributed by atoms with Crippen molar-refractivity contribution in [3.05, 3.63) is 18.5 Å². The molecule has 0 radical (unpaired) electrons. The van der Waals surface area contributed by atoms with Crippen molar-refractivity contribution in [2.24, 2.45) is 0 Å². The predicted octanol–water partition coefficient (Wildman–Crippen LogP) is 0.560. The maximum Gasteiger partial charge on any atom is 0.272 e. The van der Waals surface area contributed by atoms with Crippen LogP contribution in [0.5, 0.6) is 0 Å². The minimum Gasteiger partial charge on any atom is -0.226 e. The number of halogens is 1. The third-order valence-electron chi connectivity index (χ3n) is 0.760. The molecule has 10 heavy (non-hydrogen) atoms. The van der Waals surface area contributed by atoms with E-state index in [1.807, 2.05) is 0 Å². The summed E-state index contributed by atoms with van der Waals surface area (Å²) < 4.78 is 21.2. The van der Waals surface area contributed by atoms with Gasteiger partial charge in [-0.2, -0.15) is 0 Å². The molecular formula is C4H3BrN2O2S. The second-order valence-corrected chi connectivity index (χ2v) is 5.27. The van der Waals surface area contributed by atoms with E-state index in [0.717, 1.165) is 0 Å². The van der Waals surface area contributed by atoms with Crippen LogP contribution in [-0.4, -0.2) is 18.4 Å². The van der Waals surface area contributed by atoms with Gasteiger partial charge in [-0.05, 0) is 6.07 Å². The van der Waals surface area contributed by atoms with Crippen molar-refractivity contribution in [2.75, 3.05) is 0 Å². The molecule has 4 nitrogen and oxygen atoms in total. The Morgan fingerprint density at radius 1 is 1.30 bits per heavy atom. The topological polar surface area (TPSA) is 59.9 Å². The van der Waals surface area contributed by atoms with Crippen molar-refractivity contribution < 1.29 is 8.42 Å². The minimum absolute atomic E-state index is 0.213.